The zero-order valence-electron chi connectivity index (χ0n) is 8.59. The molecule has 0 saturated heterocycles. The third-order valence-electron chi connectivity index (χ3n) is 2.16. The van der Waals surface area contributed by atoms with Gasteiger partial charge in [-0.3, -0.25) is 4.79 Å². The quantitative estimate of drug-likeness (QED) is 0.649. The smallest absolute Gasteiger partial charge is 0.197 e. The Morgan fingerprint density at radius 2 is 1.88 bits per heavy atom. The van der Waals surface area contributed by atoms with Crippen molar-refractivity contribution >= 4 is 22.8 Å². The lowest BCUT2D eigenvalue weighted by Gasteiger charge is -1.99. The van der Waals surface area contributed by atoms with Crippen LogP contribution < -0.4 is 5.73 Å². The molecule has 0 aliphatic rings. The van der Waals surface area contributed by atoms with Gasteiger partial charge in [-0.25, -0.2) is 0 Å². The first-order valence-electron chi connectivity index (χ1n) is 4.88. The van der Waals surface area contributed by atoms with Crippen molar-refractivity contribution in [1.29, 1.82) is 0 Å². The maximum absolute atomic E-state index is 11.7. The largest absolute Gasteiger partial charge is 0.398 e. The van der Waals surface area contributed by atoms with Crippen molar-refractivity contribution in [2.24, 2.45) is 5.73 Å². The Labute approximate surface area is 98.0 Å². The van der Waals surface area contributed by atoms with Crippen LogP contribution in [0.2, 0.25) is 0 Å². The molecule has 0 radical (unpaired) electrons. The summed E-state index contributed by atoms with van der Waals surface area (Å²) in [4.78, 5) is 12.5. The number of benzene rings is 1. The van der Waals surface area contributed by atoms with E-state index in [9.17, 15) is 4.79 Å². The second kappa shape index (κ2) is 4.77. The molecule has 0 fully saturated rings. The summed E-state index contributed by atoms with van der Waals surface area (Å²) >= 11 is 1.42. The maximum Gasteiger partial charge on any atom is 0.197 e. The number of rotatable bonds is 3. The van der Waals surface area contributed by atoms with E-state index in [1.165, 1.54) is 17.4 Å². The van der Waals surface area contributed by atoms with Crippen molar-refractivity contribution in [3.8, 4) is 0 Å². The van der Waals surface area contributed by atoms with Crippen LogP contribution in [0.4, 0.5) is 0 Å². The molecule has 0 aliphatic carbocycles. The Balaban J connectivity index is 2.23. The van der Waals surface area contributed by atoms with E-state index < -0.39 is 0 Å². The Kier molecular flexibility index (Phi) is 3.17. The van der Waals surface area contributed by atoms with E-state index >= 15 is 0 Å². The Morgan fingerprint density at radius 3 is 2.50 bits per heavy atom. The molecule has 2 aromatic rings. The van der Waals surface area contributed by atoms with Crippen LogP contribution in [-0.4, -0.2) is 5.78 Å². The van der Waals surface area contributed by atoms with Gasteiger partial charge in [-0.05, 0) is 17.0 Å². The summed E-state index contributed by atoms with van der Waals surface area (Å²) in [6, 6.07) is 13.1. The minimum atomic E-state index is -0.0450. The molecule has 1 heterocycles. The van der Waals surface area contributed by atoms with Crippen LogP contribution in [0.3, 0.4) is 0 Å². The standard InChI is InChI=1S/C13H11NOS/c14-11(10-5-2-1-3-6-10)9-12(15)13-7-4-8-16-13/h1-9H,14H2/b11-9-. The molecule has 0 unspecified atom stereocenters. The number of hydrogen-bond donors (Lipinski definition) is 1. The molecule has 80 valence electrons. The van der Waals surface area contributed by atoms with Gasteiger partial charge in [0.2, 0.25) is 0 Å². The van der Waals surface area contributed by atoms with Crippen LogP contribution in [-0.2, 0) is 0 Å². The van der Waals surface area contributed by atoms with Gasteiger partial charge >= 0.3 is 0 Å². The second-order valence-electron chi connectivity index (χ2n) is 3.31. The fourth-order valence-corrected chi connectivity index (χ4v) is 1.98. The summed E-state index contributed by atoms with van der Waals surface area (Å²) in [6.07, 6.45) is 1.47. The minimum Gasteiger partial charge on any atom is -0.398 e. The fraction of sp³-hybridized carbons (Fsp3) is 0. The number of hydrogen-bond acceptors (Lipinski definition) is 3. The van der Waals surface area contributed by atoms with Crippen LogP contribution in [0, 0.1) is 0 Å². The molecule has 1 aromatic heterocycles. The molecule has 0 spiro atoms. The van der Waals surface area contributed by atoms with E-state index in [1.807, 2.05) is 41.8 Å². The molecule has 0 amide bonds. The van der Waals surface area contributed by atoms with Crippen molar-refractivity contribution in [3.05, 3.63) is 64.4 Å². The molecular formula is C13H11NOS. The fourth-order valence-electron chi connectivity index (χ4n) is 1.35. The summed E-state index contributed by atoms with van der Waals surface area (Å²) < 4.78 is 0. The monoisotopic (exact) mass is 229 g/mol. The molecule has 0 bridgehead atoms. The summed E-state index contributed by atoms with van der Waals surface area (Å²) in [5.74, 6) is -0.0450. The predicted octanol–water partition coefficient (Wildman–Crippen LogP) is 2.93. The van der Waals surface area contributed by atoms with Gasteiger partial charge < -0.3 is 5.73 Å². The molecule has 2 rings (SSSR count). The van der Waals surface area contributed by atoms with Gasteiger partial charge in [0, 0.05) is 11.8 Å². The van der Waals surface area contributed by atoms with E-state index in [2.05, 4.69) is 0 Å². The Bertz CT molecular complexity index is 500. The highest BCUT2D eigenvalue weighted by Crippen LogP contribution is 2.13. The summed E-state index contributed by atoms with van der Waals surface area (Å²) in [7, 11) is 0. The lowest BCUT2D eigenvalue weighted by Crippen LogP contribution is -2.00. The first kappa shape index (κ1) is 10.6. The van der Waals surface area contributed by atoms with E-state index in [4.69, 9.17) is 5.73 Å². The summed E-state index contributed by atoms with van der Waals surface area (Å²) in [6.45, 7) is 0. The number of carbonyl (C=O) groups excluding carboxylic acids is 1. The van der Waals surface area contributed by atoms with E-state index in [0.29, 0.717) is 10.6 Å². The van der Waals surface area contributed by atoms with Gasteiger partial charge in [0.05, 0.1) is 4.88 Å². The highest BCUT2D eigenvalue weighted by molar-refractivity contribution is 7.12. The van der Waals surface area contributed by atoms with Crippen LogP contribution >= 0.6 is 11.3 Å². The zero-order chi connectivity index (χ0) is 11.4. The molecule has 2 nitrogen and oxygen atoms in total. The Morgan fingerprint density at radius 1 is 1.12 bits per heavy atom. The van der Waals surface area contributed by atoms with Crippen LogP contribution in [0.1, 0.15) is 15.2 Å². The third-order valence-corrected chi connectivity index (χ3v) is 3.04. The average molecular weight is 229 g/mol. The predicted molar refractivity (Wildman–Crippen MR) is 67.3 cm³/mol. The van der Waals surface area contributed by atoms with Crippen molar-refractivity contribution in [2.45, 2.75) is 0 Å². The number of thiophene rings is 1. The molecular weight excluding hydrogens is 218 g/mol. The summed E-state index contributed by atoms with van der Waals surface area (Å²) in [5, 5.41) is 1.87. The average Bonchev–Trinajstić information content (AvgIpc) is 2.83. The maximum atomic E-state index is 11.7. The first-order valence-corrected chi connectivity index (χ1v) is 5.76. The second-order valence-corrected chi connectivity index (χ2v) is 4.25. The molecule has 1 aromatic carbocycles. The Hall–Kier alpha value is -1.87. The minimum absolute atomic E-state index is 0.0450. The van der Waals surface area contributed by atoms with Crippen LogP contribution in [0.5, 0.6) is 0 Å². The molecule has 3 heteroatoms. The van der Waals surface area contributed by atoms with Gasteiger partial charge in [-0.15, -0.1) is 11.3 Å². The zero-order valence-corrected chi connectivity index (χ0v) is 9.41. The molecule has 16 heavy (non-hydrogen) atoms. The van der Waals surface area contributed by atoms with Crippen LogP contribution in [0.25, 0.3) is 5.70 Å². The van der Waals surface area contributed by atoms with Crippen molar-refractivity contribution in [3.63, 3.8) is 0 Å². The van der Waals surface area contributed by atoms with E-state index in [0.717, 1.165) is 5.56 Å². The van der Waals surface area contributed by atoms with Gasteiger partial charge in [0.25, 0.3) is 0 Å². The van der Waals surface area contributed by atoms with Crippen molar-refractivity contribution in [1.82, 2.24) is 0 Å². The number of allylic oxidation sites excluding steroid dienone is 1. The normalized spacial score (nSPS) is 11.4. The summed E-state index contributed by atoms with van der Waals surface area (Å²) in [5.41, 5.74) is 7.21. The lowest BCUT2D eigenvalue weighted by atomic mass is 10.1. The number of ketones is 1. The number of nitrogens with two attached hydrogens (primary N) is 1. The van der Waals surface area contributed by atoms with Gasteiger partial charge in [-0.2, -0.15) is 0 Å². The molecule has 0 aliphatic heterocycles. The van der Waals surface area contributed by atoms with E-state index in [-0.39, 0.29) is 5.78 Å². The van der Waals surface area contributed by atoms with Gasteiger partial charge in [-0.1, -0.05) is 36.4 Å². The van der Waals surface area contributed by atoms with E-state index in [1.54, 1.807) is 6.07 Å². The SMILES string of the molecule is N/C(=C\C(=O)c1cccs1)c1ccccc1. The van der Waals surface area contributed by atoms with Gasteiger partial charge in [0.1, 0.15) is 0 Å². The molecule has 0 atom stereocenters. The lowest BCUT2D eigenvalue weighted by molar-refractivity contribution is 0.105. The topological polar surface area (TPSA) is 43.1 Å². The van der Waals surface area contributed by atoms with Gasteiger partial charge in [0.15, 0.2) is 5.78 Å². The van der Waals surface area contributed by atoms with Crippen molar-refractivity contribution in [2.75, 3.05) is 0 Å². The molecule has 2 N–H and O–H groups in total. The molecule has 0 saturated carbocycles. The highest BCUT2D eigenvalue weighted by atomic mass is 32.1. The van der Waals surface area contributed by atoms with Crippen LogP contribution in [0.15, 0.2) is 53.9 Å². The number of carbonyl (C=O) groups is 1. The third kappa shape index (κ3) is 2.38. The van der Waals surface area contributed by atoms with Crippen molar-refractivity contribution < 1.29 is 4.79 Å². The highest BCUT2D eigenvalue weighted by Gasteiger charge is 2.04. The first-order chi connectivity index (χ1) is 7.77.